The van der Waals surface area contributed by atoms with Gasteiger partial charge in [0.15, 0.2) is 5.13 Å². The number of hydrogen-bond donors (Lipinski definition) is 0. The SMILES string of the molecule is C=C(CN(C)CC(C)C)N1CCN(c2nccs2)CC1. The Balaban J connectivity index is 1.77. The first-order valence-electron chi connectivity index (χ1n) is 7.32. The van der Waals surface area contributed by atoms with Crippen LogP contribution in [0.4, 0.5) is 5.13 Å². The van der Waals surface area contributed by atoms with Gasteiger partial charge in [0.25, 0.3) is 0 Å². The van der Waals surface area contributed by atoms with E-state index >= 15 is 0 Å². The fraction of sp³-hybridized carbons (Fsp3) is 0.667. The zero-order valence-electron chi connectivity index (χ0n) is 12.9. The van der Waals surface area contributed by atoms with E-state index in [4.69, 9.17) is 0 Å². The van der Waals surface area contributed by atoms with E-state index in [-0.39, 0.29) is 0 Å². The summed E-state index contributed by atoms with van der Waals surface area (Å²) in [6, 6.07) is 0. The molecule has 2 heterocycles. The molecule has 5 heteroatoms. The molecule has 1 fully saturated rings. The normalized spacial score (nSPS) is 16.2. The molecule has 2 rings (SSSR count). The second kappa shape index (κ2) is 7.09. The molecule has 1 aromatic rings. The summed E-state index contributed by atoms with van der Waals surface area (Å²) in [5.41, 5.74) is 1.24. The minimum atomic E-state index is 0.703. The van der Waals surface area contributed by atoms with Crippen LogP contribution in [-0.4, -0.2) is 61.1 Å². The molecule has 20 heavy (non-hydrogen) atoms. The quantitative estimate of drug-likeness (QED) is 0.803. The maximum atomic E-state index is 4.39. The molecule has 0 saturated carbocycles. The summed E-state index contributed by atoms with van der Waals surface area (Å²) in [6.45, 7) is 15.1. The highest BCUT2D eigenvalue weighted by Crippen LogP contribution is 2.20. The predicted octanol–water partition coefficient (Wildman–Crippen LogP) is 2.37. The highest BCUT2D eigenvalue weighted by atomic mass is 32.1. The first-order valence-corrected chi connectivity index (χ1v) is 8.20. The average molecular weight is 294 g/mol. The molecule has 1 aliphatic heterocycles. The maximum Gasteiger partial charge on any atom is 0.185 e. The summed E-state index contributed by atoms with van der Waals surface area (Å²) in [5, 5.41) is 3.19. The van der Waals surface area contributed by atoms with Crippen LogP contribution in [-0.2, 0) is 0 Å². The Labute approximate surface area is 126 Å². The highest BCUT2D eigenvalue weighted by molar-refractivity contribution is 7.13. The van der Waals surface area contributed by atoms with Crippen LogP contribution in [0.1, 0.15) is 13.8 Å². The van der Waals surface area contributed by atoms with Gasteiger partial charge in [0, 0.05) is 56.5 Å². The summed E-state index contributed by atoms with van der Waals surface area (Å²) < 4.78 is 0. The first kappa shape index (κ1) is 15.3. The zero-order chi connectivity index (χ0) is 14.5. The van der Waals surface area contributed by atoms with E-state index in [0.29, 0.717) is 5.92 Å². The van der Waals surface area contributed by atoms with E-state index in [1.165, 1.54) is 5.70 Å². The Morgan fingerprint density at radius 1 is 1.40 bits per heavy atom. The maximum absolute atomic E-state index is 4.39. The topological polar surface area (TPSA) is 22.6 Å². The largest absolute Gasteiger partial charge is 0.371 e. The van der Waals surface area contributed by atoms with Gasteiger partial charge in [-0.3, -0.25) is 0 Å². The van der Waals surface area contributed by atoms with Gasteiger partial charge in [0.2, 0.25) is 0 Å². The van der Waals surface area contributed by atoms with Gasteiger partial charge < -0.3 is 14.7 Å². The van der Waals surface area contributed by atoms with Gasteiger partial charge in [-0.05, 0) is 13.0 Å². The Morgan fingerprint density at radius 2 is 2.10 bits per heavy atom. The molecule has 0 spiro atoms. The van der Waals surface area contributed by atoms with E-state index in [1.54, 1.807) is 11.3 Å². The standard InChI is InChI=1S/C15H26N4S/c1-13(2)11-17(4)12-14(3)18-6-8-19(9-7-18)15-16-5-10-20-15/h5,10,13H,3,6-9,11-12H2,1-2,4H3. The van der Waals surface area contributed by atoms with Gasteiger partial charge in [-0.25, -0.2) is 4.98 Å². The minimum absolute atomic E-state index is 0.703. The van der Waals surface area contributed by atoms with Crippen LogP contribution in [0.15, 0.2) is 23.9 Å². The van der Waals surface area contributed by atoms with Gasteiger partial charge >= 0.3 is 0 Å². The van der Waals surface area contributed by atoms with E-state index in [1.807, 2.05) is 11.6 Å². The van der Waals surface area contributed by atoms with Crippen molar-refractivity contribution in [2.75, 3.05) is 51.2 Å². The molecule has 0 atom stereocenters. The molecular formula is C15H26N4S. The number of piperazine rings is 1. The van der Waals surface area contributed by atoms with Crippen molar-refractivity contribution < 1.29 is 0 Å². The number of thiazole rings is 1. The molecule has 0 bridgehead atoms. The Kier molecular flexibility index (Phi) is 5.43. The third kappa shape index (κ3) is 4.21. The lowest BCUT2D eigenvalue weighted by atomic mass is 10.2. The summed E-state index contributed by atoms with van der Waals surface area (Å²) in [7, 11) is 2.18. The van der Waals surface area contributed by atoms with Crippen molar-refractivity contribution in [3.63, 3.8) is 0 Å². The molecule has 0 unspecified atom stereocenters. The molecule has 0 radical (unpaired) electrons. The molecular weight excluding hydrogens is 268 g/mol. The monoisotopic (exact) mass is 294 g/mol. The number of rotatable bonds is 6. The summed E-state index contributed by atoms with van der Waals surface area (Å²) >= 11 is 1.72. The number of aromatic nitrogens is 1. The molecule has 0 amide bonds. The third-order valence-corrected chi connectivity index (χ3v) is 4.38. The van der Waals surface area contributed by atoms with E-state index in [0.717, 1.165) is 44.4 Å². The Morgan fingerprint density at radius 3 is 2.65 bits per heavy atom. The van der Waals surface area contributed by atoms with Gasteiger partial charge in [-0.15, -0.1) is 11.3 Å². The second-order valence-electron chi connectivity index (χ2n) is 5.95. The fourth-order valence-electron chi connectivity index (χ4n) is 2.69. The molecule has 4 nitrogen and oxygen atoms in total. The summed E-state index contributed by atoms with van der Waals surface area (Å²) in [4.78, 5) is 11.5. The van der Waals surface area contributed by atoms with Crippen molar-refractivity contribution in [1.82, 2.24) is 14.8 Å². The van der Waals surface area contributed by atoms with Crippen LogP contribution in [0.2, 0.25) is 0 Å². The first-order chi connectivity index (χ1) is 9.56. The van der Waals surface area contributed by atoms with Crippen LogP contribution >= 0.6 is 11.3 Å². The average Bonchev–Trinajstić information content (AvgIpc) is 2.91. The van der Waals surface area contributed by atoms with Crippen LogP contribution in [0.5, 0.6) is 0 Å². The Hall–Kier alpha value is -1.07. The van der Waals surface area contributed by atoms with Gasteiger partial charge in [-0.2, -0.15) is 0 Å². The van der Waals surface area contributed by atoms with Crippen molar-refractivity contribution in [3.05, 3.63) is 23.9 Å². The van der Waals surface area contributed by atoms with Crippen molar-refractivity contribution in [2.24, 2.45) is 5.92 Å². The van der Waals surface area contributed by atoms with Crippen LogP contribution < -0.4 is 4.90 Å². The van der Waals surface area contributed by atoms with E-state index in [9.17, 15) is 0 Å². The second-order valence-corrected chi connectivity index (χ2v) is 6.82. The molecule has 0 aliphatic carbocycles. The number of anilines is 1. The Bertz CT molecular complexity index is 408. The lowest BCUT2D eigenvalue weighted by Crippen LogP contribution is -2.47. The van der Waals surface area contributed by atoms with Crippen molar-refractivity contribution in [3.8, 4) is 0 Å². The van der Waals surface area contributed by atoms with Crippen molar-refractivity contribution in [1.29, 1.82) is 0 Å². The van der Waals surface area contributed by atoms with Crippen LogP contribution in [0.3, 0.4) is 0 Å². The third-order valence-electron chi connectivity index (χ3n) is 3.55. The number of likely N-dealkylation sites (N-methyl/N-ethyl adjacent to an activating group) is 1. The van der Waals surface area contributed by atoms with Gasteiger partial charge in [-0.1, -0.05) is 20.4 Å². The minimum Gasteiger partial charge on any atom is -0.371 e. The lowest BCUT2D eigenvalue weighted by molar-refractivity contribution is 0.255. The summed E-state index contributed by atoms with van der Waals surface area (Å²) in [6.07, 6.45) is 1.88. The van der Waals surface area contributed by atoms with Crippen LogP contribution in [0.25, 0.3) is 0 Å². The summed E-state index contributed by atoms with van der Waals surface area (Å²) in [5.74, 6) is 0.703. The highest BCUT2D eigenvalue weighted by Gasteiger charge is 2.20. The zero-order valence-corrected chi connectivity index (χ0v) is 13.7. The molecule has 1 aromatic heterocycles. The fourth-order valence-corrected chi connectivity index (χ4v) is 3.38. The molecule has 1 aliphatic rings. The van der Waals surface area contributed by atoms with Crippen molar-refractivity contribution >= 4 is 16.5 Å². The van der Waals surface area contributed by atoms with Crippen molar-refractivity contribution in [2.45, 2.75) is 13.8 Å². The predicted molar refractivity (Wildman–Crippen MR) is 87.4 cm³/mol. The van der Waals surface area contributed by atoms with Gasteiger partial charge in [0.1, 0.15) is 0 Å². The smallest absolute Gasteiger partial charge is 0.185 e. The van der Waals surface area contributed by atoms with E-state index < -0.39 is 0 Å². The molecule has 112 valence electrons. The van der Waals surface area contributed by atoms with Gasteiger partial charge in [0.05, 0.1) is 0 Å². The van der Waals surface area contributed by atoms with Crippen LogP contribution in [0, 0.1) is 5.92 Å². The number of hydrogen-bond acceptors (Lipinski definition) is 5. The van der Waals surface area contributed by atoms with E-state index in [2.05, 4.69) is 47.2 Å². The molecule has 0 aromatic carbocycles. The molecule has 0 N–H and O–H groups in total. The molecule has 1 saturated heterocycles. The number of nitrogens with zero attached hydrogens (tertiary/aromatic N) is 4. The lowest BCUT2D eigenvalue weighted by Gasteiger charge is -2.38.